The summed E-state index contributed by atoms with van der Waals surface area (Å²) in [4.78, 5) is 12.6. The maximum atomic E-state index is 10.3. The molecule has 0 saturated carbocycles. The highest BCUT2D eigenvalue weighted by atomic mass is 16.4. The lowest BCUT2D eigenvalue weighted by molar-refractivity contribution is 0.0697. The molecule has 0 aliphatic carbocycles. The fraction of sp³-hybridized carbons (Fsp3) is 0.588. The monoisotopic (exact) mass is 310 g/mol. The number of carbonyl (C=O) groups is 1. The molecular weight excluding hydrogens is 280 g/mol. The van der Waals surface area contributed by atoms with E-state index in [1.54, 1.807) is 12.1 Å². The average molecular weight is 310 g/mol. The molecule has 0 spiro atoms. The fourth-order valence-corrected chi connectivity index (χ4v) is 2.25. The van der Waals surface area contributed by atoms with Crippen LogP contribution in [0.1, 0.15) is 44.5 Å². The molecule has 126 valence electrons. The number of hydrogen-bond donors (Lipinski definition) is 3. The maximum Gasteiger partial charge on any atom is 0.335 e. The largest absolute Gasteiger partial charge is 0.478 e. The van der Waals surface area contributed by atoms with Gasteiger partial charge in [0.15, 0.2) is 0 Å². The van der Waals surface area contributed by atoms with Gasteiger partial charge in [0.2, 0.25) is 0 Å². The number of hydrogen-bond acceptors (Lipinski definition) is 4. The average Bonchev–Trinajstić information content (AvgIpc) is 2.48. The van der Waals surface area contributed by atoms with Gasteiger partial charge in [0, 0.05) is 11.7 Å². The molecule has 1 aromatic carbocycles. The Morgan fingerprint density at radius 3 is 2.00 bits per heavy atom. The minimum atomic E-state index is -0.931. The molecule has 0 amide bonds. The van der Waals surface area contributed by atoms with Crippen LogP contribution in [-0.2, 0) is 0 Å². The molecule has 1 atom stereocenters. The molecule has 0 fully saturated rings. The van der Waals surface area contributed by atoms with E-state index in [4.69, 9.17) is 15.9 Å². The number of carboxylic acid groups (broad SMARTS) is 1. The number of likely N-dealkylation sites (N-methyl/N-ethyl adjacent to an activating group) is 1. The highest BCUT2D eigenvalue weighted by molar-refractivity contribution is 5.87. The van der Waals surface area contributed by atoms with Gasteiger partial charge in [0.25, 0.3) is 0 Å². The van der Waals surface area contributed by atoms with Gasteiger partial charge in [-0.05, 0) is 49.7 Å². The number of benzene rings is 1. The molecule has 0 radical (unpaired) electrons. The third-order valence-corrected chi connectivity index (χ3v) is 3.44. The second kappa shape index (κ2) is 11.0. The van der Waals surface area contributed by atoms with E-state index in [9.17, 15) is 4.79 Å². The lowest BCUT2D eigenvalue weighted by atomic mass is 10.0. The van der Waals surface area contributed by atoms with Gasteiger partial charge in [-0.3, -0.25) is 4.90 Å². The van der Waals surface area contributed by atoms with Gasteiger partial charge in [0.1, 0.15) is 0 Å². The van der Waals surface area contributed by atoms with Crippen molar-refractivity contribution in [1.29, 1.82) is 0 Å². The minimum absolute atomic E-state index is 0.259. The van der Waals surface area contributed by atoms with Crippen molar-refractivity contribution >= 4 is 11.7 Å². The standard InChI is InChI=1S/C10H23NO.C7H7NO2/c1-5-11(6-2)10(8-12)7-9(3)4;8-6-3-1-5(2-4-6)7(9)10/h9-10,12H,5-8H2,1-4H3;1-4H,8H2,(H,9,10). The van der Waals surface area contributed by atoms with Crippen molar-refractivity contribution in [2.45, 2.75) is 40.2 Å². The van der Waals surface area contributed by atoms with E-state index >= 15 is 0 Å². The van der Waals surface area contributed by atoms with Gasteiger partial charge >= 0.3 is 5.97 Å². The molecule has 1 aromatic rings. The molecule has 0 aromatic heterocycles. The van der Waals surface area contributed by atoms with Gasteiger partial charge in [-0.15, -0.1) is 0 Å². The minimum Gasteiger partial charge on any atom is -0.478 e. The third-order valence-electron chi connectivity index (χ3n) is 3.44. The number of anilines is 1. The Bertz CT molecular complexity index is 414. The summed E-state index contributed by atoms with van der Waals surface area (Å²) in [7, 11) is 0. The summed E-state index contributed by atoms with van der Waals surface area (Å²) in [6, 6.07) is 6.42. The molecule has 22 heavy (non-hydrogen) atoms. The van der Waals surface area contributed by atoms with Crippen LogP contribution in [0.4, 0.5) is 5.69 Å². The van der Waals surface area contributed by atoms with Crippen molar-refractivity contribution in [3.05, 3.63) is 29.8 Å². The van der Waals surface area contributed by atoms with Crippen molar-refractivity contribution < 1.29 is 15.0 Å². The van der Waals surface area contributed by atoms with Gasteiger partial charge in [0.05, 0.1) is 12.2 Å². The summed E-state index contributed by atoms with van der Waals surface area (Å²) in [5, 5.41) is 17.6. The van der Waals surface area contributed by atoms with E-state index in [1.165, 1.54) is 12.1 Å². The molecule has 5 heteroatoms. The van der Waals surface area contributed by atoms with Crippen molar-refractivity contribution in [3.8, 4) is 0 Å². The van der Waals surface area contributed by atoms with Gasteiger partial charge in [-0.25, -0.2) is 4.79 Å². The zero-order valence-electron chi connectivity index (χ0n) is 14.1. The summed E-state index contributed by atoms with van der Waals surface area (Å²) in [6.45, 7) is 11.1. The molecule has 1 rings (SSSR count). The van der Waals surface area contributed by atoms with Crippen LogP contribution in [0.2, 0.25) is 0 Å². The number of aromatic carboxylic acids is 1. The summed E-state index contributed by atoms with van der Waals surface area (Å²) >= 11 is 0. The zero-order chi connectivity index (χ0) is 17.1. The Labute approximate surface area is 133 Å². The highest BCUT2D eigenvalue weighted by Gasteiger charge is 2.15. The first kappa shape index (κ1) is 20.4. The van der Waals surface area contributed by atoms with Crippen molar-refractivity contribution in [2.75, 3.05) is 25.4 Å². The Balaban J connectivity index is 0.000000406. The Morgan fingerprint density at radius 2 is 1.68 bits per heavy atom. The Hall–Kier alpha value is -1.59. The predicted octanol–water partition coefficient (Wildman–Crippen LogP) is 2.70. The van der Waals surface area contributed by atoms with Crippen LogP contribution in [0.25, 0.3) is 0 Å². The molecule has 0 bridgehead atoms. The molecule has 1 unspecified atom stereocenters. The SMILES string of the molecule is CCN(CC)C(CO)CC(C)C.Nc1ccc(C(=O)O)cc1. The molecule has 0 heterocycles. The van der Waals surface area contributed by atoms with E-state index in [-0.39, 0.29) is 5.56 Å². The van der Waals surface area contributed by atoms with E-state index in [0.717, 1.165) is 19.5 Å². The van der Waals surface area contributed by atoms with Crippen LogP contribution in [-0.4, -0.2) is 46.8 Å². The molecule has 4 N–H and O–H groups in total. The van der Waals surface area contributed by atoms with Crippen molar-refractivity contribution in [1.82, 2.24) is 4.90 Å². The van der Waals surface area contributed by atoms with E-state index in [2.05, 4.69) is 32.6 Å². The molecule has 0 saturated heterocycles. The van der Waals surface area contributed by atoms with Crippen LogP contribution in [0.15, 0.2) is 24.3 Å². The zero-order valence-corrected chi connectivity index (χ0v) is 14.1. The molecule has 0 aliphatic heterocycles. The second-order valence-corrected chi connectivity index (χ2v) is 5.61. The quantitative estimate of drug-likeness (QED) is 0.674. The molecule has 0 aliphatic rings. The van der Waals surface area contributed by atoms with Crippen LogP contribution >= 0.6 is 0 Å². The fourth-order valence-electron chi connectivity index (χ4n) is 2.25. The number of nitrogens with zero attached hydrogens (tertiary/aromatic N) is 1. The van der Waals surface area contributed by atoms with Gasteiger partial charge in [-0.1, -0.05) is 27.7 Å². The lowest BCUT2D eigenvalue weighted by Crippen LogP contribution is -2.38. The number of aliphatic hydroxyl groups is 1. The van der Waals surface area contributed by atoms with Gasteiger partial charge < -0.3 is 15.9 Å². The van der Waals surface area contributed by atoms with Crippen molar-refractivity contribution in [2.24, 2.45) is 5.92 Å². The van der Waals surface area contributed by atoms with Crippen LogP contribution < -0.4 is 5.73 Å². The van der Waals surface area contributed by atoms with Gasteiger partial charge in [-0.2, -0.15) is 0 Å². The topological polar surface area (TPSA) is 86.8 Å². The number of nitrogens with two attached hydrogens (primary N) is 1. The Kier molecular flexibility index (Phi) is 10.2. The van der Waals surface area contributed by atoms with Crippen LogP contribution in [0.3, 0.4) is 0 Å². The molecular formula is C17H30N2O3. The highest BCUT2D eigenvalue weighted by Crippen LogP contribution is 2.10. The van der Waals surface area contributed by atoms with E-state index < -0.39 is 5.97 Å². The van der Waals surface area contributed by atoms with E-state index in [0.29, 0.717) is 24.3 Å². The Morgan fingerprint density at radius 1 is 1.18 bits per heavy atom. The first-order chi connectivity index (χ1) is 10.3. The first-order valence-electron chi connectivity index (χ1n) is 7.79. The maximum absolute atomic E-state index is 10.3. The van der Waals surface area contributed by atoms with E-state index in [1.807, 2.05) is 0 Å². The normalized spacial score (nSPS) is 12.0. The first-order valence-corrected chi connectivity index (χ1v) is 7.79. The smallest absolute Gasteiger partial charge is 0.335 e. The summed E-state index contributed by atoms with van der Waals surface area (Å²) in [5.41, 5.74) is 6.17. The summed E-state index contributed by atoms with van der Waals surface area (Å²) in [5.74, 6) is -0.261. The number of aliphatic hydroxyl groups excluding tert-OH is 1. The number of rotatable bonds is 7. The van der Waals surface area contributed by atoms with Crippen LogP contribution in [0.5, 0.6) is 0 Å². The predicted molar refractivity (Wildman–Crippen MR) is 91.1 cm³/mol. The number of nitrogen functional groups attached to an aromatic ring is 1. The summed E-state index contributed by atoms with van der Waals surface area (Å²) < 4.78 is 0. The second-order valence-electron chi connectivity index (χ2n) is 5.61. The lowest BCUT2D eigenvalue weighted by Gasteiger charge is -2.29. The number of carboxylic acids is 1. The van der Waals surface area contributed by atoms with Crippen molar-refractivity contribution in [3.63, 3.8) is 0 Å². The third kappa shape index (κ3) is 8.00. The molecule has 5 nitrogen and oxygen atoms in total. The summed E-state index contributed by atoms with van der Waals surface area (Å²) in [6.07, 6.45) is 1.10. The van der Waals surface area contributed by atoms with Crippen LogP contribution in [0, 0.1) is 5.92 Å².